The lowest BCUT2D eigenvalue weighted by Crippen LogP contribution is -2.21. The molecule has 0 aromatic heterocycles. The Bertz CT molecular complexity index is 225. The summed E-state index contributed by atoms with van der Waals surface area (Å²) in [5.74, 6) is -1.10. The van der Waals surface area contributed by atoms with Gasteiger partial charge < -0.3 is 16.6 Å². The van der Waals surface area contributed by atoms with Crippen LogP contribution in [0.5, 0.6) is 0 Å². The molecular weight excluding hydrogens is 144 g/mol. The fraction of sp³-hybridized carbons (Fsp3) is 0.286. The minimum Gasteiger partial charge on any atom is -0.506 e. The van der Waals surface area contributed by atoms with Gasteiger partial charge in [0.05, 0.1) is 0 Å². The summed E-state index contributed by atoms with van der Waals surface area (Å²) < 4.78 is 0. The minimum absolute atomic E-state index is 0.280. The Kier molecular flexibility index (Phi) is 3.17. The van der Waals surface area contributed by atoms with Gasteiger partial charge in [0.1, 0.15) is 11.5 Å². The van der Waals surface area contributed by atoms with Gasteiger partial charge >= 0.3 is 0 Å². The van der Waals surface area contributed by atoms with E-state index in [0.717, 1.165) is 5.57 Å². The lowest BCUT2D eigenvalue weighted by molar-refractivity contribution is -0.114. The van der Waals surface area contributed by atoms with E-state index in [0.29, 0.717) is 0 Å². The summed E-state index contributed by atoms with van der Waals surface area (Å²) in [5, 5.41) is 9.04. The highest BCUT2D eigenvalue weighted by Gasteiger charge is 2.03. The third kappa shape index (κ3) is 3.30. The molecule has 0 rings (SSSR count). The molecule has 11 heavy (non-hydrogen) atoms. The molecule has 0 aliphatic heterocycles. The molecule has 0 bridgehead atoms. The summed E-state index contributed by atoms with van der Waals surface area (Å²) in [6.07, 6.45) is 1.38. The van der Waals surface area contributed by atoms with E-state index in [4.69, 9.17) is 16.6 Å². The second-order valence-corrected chi connectivity index (χ2v) is 2.38. The molecular formula is C7H12N2O2. The van der Waals surface area contributed by atoms with Gasteiger partial charge in [-0.3, -0.25) is 4.79 Å². The largest absolute Gasteiger partial charge is 0.506 e. The smallest absolute Gasteiger partial charge is 0.268 e. The van der Waals surface area contributed by atoms with Crippen LogP contribution in [0.1, 0.15) is 13.8 Å². The summed E-state index contributed by atoms with van der Waals surface area (Å²) in [6, 6.07) is 0. The first-order valence-corrected chi connectivity index (χ1v) is 3.08. The van der Waals surface area contributed by atoms with E-state index in [1.165, 1.54) is 6.08 Å². The molecule has 1 amide bonds. The second-order valence-electron chi connectivity index (χ2n) is 2.38. The molecule has 4 nitrogen and oxygen atoms in total. The Balaban J connectivity index is 4.68. The summed E-state index contributed by atoms with van der Waals surface area (Å²) in [4.78, 5) is 10.4. The number of carbonyl (C=O) groups excluding carboxylic acids is 1. The monoisotopic (exact) mass is 156 g/mol. The molecule has 0 atom stereocenters. The standard InChI is InChI=1S/C7H12N2O2/c1-4(2)3-5(10)6(8)7(9)11/h3,10H,8H2,1-2H3,(H2,9,11). The molecule has 0 aliphatic rings. The first-order valence-electron chi connectivity index (χ1n) is 3.08. The molecule has 5 N–H and O–H groups in total. The highest BCUT2D eigenvalue weighted by molar-refractivity contribution is 5.91. The van der Waals surface area contributed by atoms with Gasteiger partial charge in [0, 0.05) is 0 Å². The fourth-order valence-electron chi connectivity index (χ4n) is 0.477. The Hall–Kier alpha value is -1.45. The maximum Gasteiger partial charge on any atom is 0.268 e. The topological polar surface area (TPSA) is 89.3 Å². The summed E-state index contributed by atoms with van der Waals surface area (Å²) in [5.41, 5.74) is 10.4. The number of nitrogens with two attached hydrogens (primary N) is 2. The Morgan fingerprint density at radius 2 is 1.82 bits per heavy atom. The highest BCUT2D eigenvalue weighted by atomic mass is 16.3. The first kappa shape index (κ1) is 9.55. The van der Waals surface area contributed by atoms with Crippen LogP contribution in [0.4, 0.5) is 0 Å². The van der Waals surface area contributed by atoms with Crippen LogP contribution in [-0.2, 0) is 4.79 Å². The molecule has 0 spiro atoms. The van der Waals surface area contributed by atoms with Crippen molar-refractivity contribution in [1.29, 1.82) is 0 Å². The molecule has 4 heteroatoms. The van der Waals surface area contributed by atoms with Crippen LogP contribution in [0.3, 0.4) is 0 Å². The molecule has 0 aliphatic carbocycles. The number of aliphatic hydroxyl groups is 1. The Labute approximate surface area is 65.2 Å². The van der Waals surface area contributed by atoms with Gasteiger partial charge in [0.15, 0.2) is 0 Å². The van der Waals surface area contributed by atoms with Crippen LogP contribution in [0.2, 0.25) is 0 Å². The van der Waals surface area contributed by atoms with E-state index in [-0.39, 0.29) is 11.5 Å². The average Bonchev–Trinajstić information content (AvgIpc) is 1.84. The highest BCUT2D eigenvalue weighted by Crippen LogP contribution is 2.00. The van der Waals surface area contributed by atoms with E-state index < -0.39 is 5.91 Å². The minimum atomic E-state index is -0.819. The molecule has 0 aromatic rings. The summed E-state index contributed by atoms with van der Waals surface area (Å²) >= 11 is 0. The predicted octanol–water partition coefficient (Wildman–Crippen LogP) is 0.166. The van der Waals surface area contributed by atoms with Crippen molar-refractivity contribution in [2.24, 2.45) is 11.5 Å². The van der Waals surface area contributed by atoms with Crippen molar-refractivity contribution in [2.75, 3.05) is 0 Å². The van der Waals surface area contributed by atoms with Crippen molar-refractivity contribution >= 4 is 5.91 Å². The van der Waals surface area contributed by atoms with Gasteiger partial charge in [0.25, 0.3) is 5.91 Å². The fourth-order valence-corrected chi connectivity index (χ4v) is 0.477. The van der Waals surface area contributed by atoms with Crippen LogP contribution in [0.15, 0.2) is 23.1 Å². The summed E-state index contributed by atoms with van der Waals surface area (Å²) in [7, 11) is 0. The van der Waals surface area contributed by atoms with Gasteiger partial charge in [-0.2, -0.15) is 0 Å². The maximum absolute atomic E-state index is 10.4. The zero-order chi connectivity index (χ0) is 9.02. The third-order valence-corrected chi connectivity index (χ3v) is 0.967. The lowest BCUT2D eigenvalue weighted by Gasteiger charge is -1.97. The second kappa shape index (κ2) is 3.65. The molecule has 0 radical (unpaired) electrons. The number of primary amides is 1. The van der Waals surface area contributed by atoms with Gasteiger partial charge in [0.2, 0.25) is 0 Å². The van der Waals surface area contributed by atoms with Crippen molar-refractivity contribution in [3.05, 3.63) is 23.1 Å². The van der Waals surface area contributed by atoms with Crippen LogP contribution >= 0.6 is 0 Å². The number of carbonyl (C=O) groups is 1. The molecule has 0 saturated heterocycles. The van der Waals surface area contributed by atoms with Crippen LogP contribution in [-0.4, -0.2) is 11.0 Å². The molecule has 0 aromatic carbocycles. The van der Waals surface area contributed by atoms with E-state index in [1.54, 1.807) is 13.8 Å². The number of amides is 1. The SMILES string of the molecule is CC(C)=CC(O)=C(N)C(N)=O. The van der Waals surface area contributed by atoms with Crippen LogP contribution in [0.25, 0.3) is 0 Å². The van der Waals surface area contributed by atoms with Gasteiger partial charge in [-0.1, -0.05) is 5.57 Å². The van der Waals surface area contributed by atoms with Gasteiger partial charge in [-0.25, -0.2) is 0 Å². The van der Waals surface area contributed by atoms with Gasteiger partial charge in [-0.15, -0.1) is 0 Å². The first-order chi connectivity index (χ1) is 4.95. The van der Waals surface area contributed by atoms with E-state index >= 15 is 0 Å². The van der Waals surface area contributed by atoms with Crippen molar-refractivity contribution in [3.8, 4) is 0 Å². The molecule has 0 fully saturated rings. The lowest BCUT2D eigenvalue weighted by atomic mass is 10.2. The number of aliphatic hydroxyl groups excluding tert-OH is 1. The maximum atomic E-state index is 10.4. The molecule has 0 unspecified atom stereocenters. The Morgan fingerprint density at radius 1 is 1.36 bits per heavy atom. The van der Waals surface area contributed by atoms with Crippen LogP contribution in [0, 0.1) is 0 Å². The molecule has 0 heterocycles. The van der Waals surface area contributed by atoms with E-state index in [9.17, 15) is 4.79 Å². The van der Waals surface area contributed by atoms with Crippen LogP contribution < -0.4 is 11.5 Å². The predicted molar refractivity (Wildman–Crippen MR) is 42.5 cm³/mol. The average molecular weight is 156 g/mol. The Morgan fingerprint density at radius 3 is 2.09 bits per heavy atom. The number of hydrogen-bond acceptors (Lipinski definition) is 3. The number of hydrogen-bond donors (Lipinski definition) is 3. The molecule has 62 valence electrons. The van der Waals surface area contributed by atoms with Crippen molar-refractivity contribution in [2.45, 2.75) is 13.8 Å². The van der Waals surface area contributed by atoms with Gasteiger partial charge in [-0.05, 0) is 19.9 Å². The third-order valence-electron chi connectivity index (χ3n) is 0.967. The molecule has 0 saturated carbocycles. The van der Waals surface area contributed by atoms with E-state index in [1.807, 2.05) is 0 Å². The number of allylic oxidation sites excluding steroid dienone is 2. The van der Waals surface area contributed by atoms with E-state index in [2.05, 4.69) is 0 Å². The van der Waals surface area contributed by atoms with Crippen molar-refractivity contribution in [1.82, 2.24) is 0 Å². The zero-order valence-corrected chi connectivity index (χ0v) is 6.59. The quantitative estimate of drug-likeness (QED) is 0.302. The summed E-state index contributed by atoms with van der Waals surface area (Å²) in [6.45, 7) is 3.54. The zero-order valence-electron chi connectivity index (χ0n) is 6.59. The normalized spacial score (nSPS) is 11.8. The number of rotatable bonds is 2. The van der Waals surface area contributed by atoms with Crippen molar-refractivity contribution < 1.29 is 9.90 Å². The van der Waals surface area contributed by atoms with Crippen molar-refractivity contribution in [3.63, 3.8) is 0 Å².